The standard InChI is InChI=1S/C15H14IN3O5/c16-10-1-6-14(17-7-10)23-13-8-18(9-13)15(20)24-12-4-2-11(3-5-12)19(21)22/h1-7,13,19,21H,8-9H2. The molecule has 1 aromatic carbocycles. The topological polar surface area (TPSA) is 99.4 Å². The number of rotatable bonds is 4. The number of hydrogen-bond acceptors (Lipinski definition) is 6. The summed E-state index contributed by atoms with van der Waals surface area (Å²) in [6.07, 6.45) is 1.11. The fraction of sp³-hybridized carbons (Fsp3) is 0.200. The number of hydrogen-bond donors (Lipinski definition) is 2. The number of nitrogens with zero attached hydrogens (tertiary/aromatic N) is 2. The maximum absolute atomic E-state index is 12.0. The first kappa shape index (κ1) is 16.9. The molecule has 2 aromatic rings. The molecule has 0 spiro atoms. The average molecular weight is 443 g/mol. The number of likely N-dealkylation sites (tertiary alicyclic amines) is 1. The van der Waals surface area contributed by atoms with Crippen LogP contribution in [0.25, 0.3) is 0 Å². The predicted octanol–water partition coefficient (Wildman–Crippen LogP) is 1.35. The SMILES string of the molecule is O=C(Oc1ccc([NH+]([O-])O)cc1)N1CC(Oc2ccc(I)cn2)C1. The van der Waals surface area contributed by atoms with Crippen molar-refractivity contribution in [2.24, 2.45) is 0 Å². The summed E-state index contributed by atoms with van der Waals surface area (Å²) < 4.78 is 11.9. The molecule has 1 fully saturated rings. The minimum atomic E-state index is -1.03. The molecule has 0 saturated carbocycles. The number of carbonyl (C=O) groups is 1. The van der Waals surface area contributed by atoms with E-state index in [2.05, 4.69) is 27.6 Å². The van der Waals surface area contributed by atoms with Crippen LogP contribution in [0.2, 0.25) is 0 Å². The van der Waals surface area contributed by atoms with E-state index in [0.717, 1.165) is 3.57 Å². The first-order valence-electron chi connectivity index (χ1n) is 7.09. The third-order valence-electron chi connectivity index (χ3n) is 3.40. The van der Waals surface area contributed by atoms with E-state index in [9.17, 15) is 10.0 Å². The Morgan fingerprint density at radius 1 is 1.29 bits per heavy atom. The smallest absolute Gasteiger partial charge is 0.415 e. The molecule has 1 unspecified atom stereocenters. The van der Waals surface area contributed by atoms with Crippen molar-refractivity contribution in [3.63, 3.8) is 0 Å². The highest BCUT2D eigenvalue weighted by atomic mass is 127. The minimum Gasteiger partial charge on any atom is -0.595 e. The van der Waals surface area contributed by atoms with E-state index in [1.54, 1.807) is 12.3 Å². The number of halogens is 1. The maximum Gasteiger partial charge on any atom is 0.415 e. The van der Waals surface area contributed by atoms with Gasteiger partial charge in [-0.05, 0) is 40.8 Å². The molecule has 2 heterocycles. The van der Waals surface area contributed by atoms with Gasteiger partial charge in [0.2, 0.25) is 5.88 Å². The zero-order valence-corrected chi connectivity index (χ0v) is 14.5. The maximum atomic E-state index is 12.0. The van der Waals surface area contributed by atoms with Gasteiger partial charge < -0.3 is 19.6 Å². The van der Waals surface area contributed by atoms with Crippen LogP contribution in [0.1, 0.15) is 0 Å². The number of carbonyl (C=O) groups excluding carboxylic acids is 1. The summed E-state index contributed by atoms with van der Waals surface area (Å²) in [5.41, 5.74) is 0.136. The lowest BCUT2D eigenvalue weighted by Gasteiger charge is -2.37. The summed E-state index contributed by atoms with van der Waals surface area (Å²) in [4.78, 5) is 17.6. The number of aromatic nitrogens is 1. The Bertz CT molecular complexity index is 702. The van der Waals surface area contributed by atoms with Crippen LogP contribution in [0.4, 0.5) is 10.5 Å². The van der Waals surface area contributed by atoms with E-state index in [1.165, 1.54) is 29.2 Å². The van der Waals surface area contributed by atoms with E-state index in [0.29, 0.717) is 24.7 Å². The minimum absolute atomic E-state index is 0.112. The molecule has 9 heteroatoms. The Balaban J connectivity index is 1.47. The van der Waals surface area contributed by atoms with Gasteiger partial charge >= 0.3 is 6.09 Å². The Morgan fingerprint density at radius 2 is 2.00 bits per heavy atom. The number of quaternary nitrogens is 1. The summed E-state index contributed by atoms with van der Waals surface area (Å²) in [7, 11) is 0. The molecule has 1 aliphatic heterocycles. The molecule has 0 bridgehead atoms. The van der Waals surface area contributed by atoms with E-state index in [4.69, 9.17) is 14.7 Å². The molecule has 3 rings (SSSR count). The van der Waals surface area contributed by atoms with Crippen LogP contribution in [-0.4, -0.2) is 40.4 Å². The molecule has 1 atom stereocenters. The number of benzene rings is 1. The molecule has 126 valence electrons. The van der Waals surface area contributed by atoms with E-state index in [-0.39, 0.29) is 11.8 Å². The molecule has 1 amide bonds. The Hall–Kier alpha value is -1.95. The van der Waals surface area contributed by atoms with Crippen molar-refractivity contribution in [2.75, 3.05) is 13.1 Å². The zero-order chi connectivity index (χ0) is 17.1. The normalized spacial score (nSPS) is 15.5. The Kier molecular flexibility index (Phi) is 5.14. The predicted molar refractivity (Wildman–Crippen MR) is 91.2 cm³/mol. The van der Waals surface area contributed by atoms with Crippen molar-refractivity contribution in [1.82, 2.24) is 9.88 Å². The van der Waals surface area contributed by atoms with Gasteiger partial charge in [-0.1, -0.05) is 0 Å². The zero-order valence-electron chi connectivity index (χ0n) is 12.4. The third kappa shape index (κ3) is 4.12. The molecule has 24 heavy (non-hydrogen) atoms. The molecular weight excluding hydrogens is 429 g/mol. The number of amides is 1. The van der Waals surface area contributed by atoms with Gasteiger partial charge in [-0.25, -0.2) is 15.0 Å². The van der Waals surface area contributed by atoms with E-state index >= 15 is 0 Å². The van der Waals surface area contributed by atoms with E-state index in [1.807, 2.05) is 6.07 Å². The molecule has 0 radical (unpaired) electrons. The number of ether oxygens (including phenoxy) is 2. The monoisotopic (exact) mass is 443 g/mol. The van der Waals surface area contributed by atoms with Crippen LogP contribution in [-0.2, 0) is 0 Å². The highest BCUT2D eigenvalue weighted by Crippen LogP contribution is 2.19. The van der Waals surface area contributed by atoms with Crippen LogP contribution < -0.4 is 14.7 Å². The Labute approximate surface area is 151 Å². The molecule has 2 N–H and O–H groups in total. The van der Waals surface area contributed by atoms with Gasteiger partial charge in [0.1, 0.15) is 11.9 Å². The van der Waals surface area contributed by atoms with Gasteiger partial charge in [-0.15, -0.1) is 0 Å². The molecular formula is C15H14IN3O5. The largest absolute Gasteiger partial charge is 0.595 e. The fourth-order valence-corrected chi connectivity index (χ4v) is 2.41. The van der Waals surface area contributed by atoms with Crippen LogP contribution in [0.5, 0.6) is 11.6 Å². The van der Waals surface area contributed by atoms with Gasteiger partial charge in [0, 0.05) is 28.0 Å². The second-order valence-corrected chi connectivity index (χ2v) is 6.40. The van der Waals surface area contributed by atoms with Crippen molar-refractivity contribution >= 4 is 34.4 Å². The first-order chi connectivity index (χ1) is 11.5. The molecule has 1 aromatic heterocycles. The fourth-order valence-electron chi connectivity index (χ4n) is 2.10. The van der Waals surface area contributed by atoms with Crippen molar-refractivity contribution < 1.29 is 24.7 Å². The lowest BCUT2D eigenvalue weighted by molar-refractivity contribution is -0.991. The van der Waals surface area contributed by atoms with Gasteiger partial charge in [-0.2, -0.15) is 5.23 Å². The van der Waals surface area contributed by atoms with Crippen molar-refractivity contribution in [3.05, 3.63) is 51.4 Å². The van der Waals surface area contributed by atoms with Crippen LogP contribution >= 0.6 is 22.6 Å². The highest BCUT2D eigenvalue weighted by Gasteiger charge is 2.34. The first-order valence-corrected chi connectivity index (χ1v) is 8.17. The quantitative estimate of drug-likeness (QED) is 0.547. The van der Waals surface area contributed by atoms with Crippen molar-refractivity contribution in [1.29, 1.82) is 0 Å². The van der Waals surface area contributed by atoms with Gasteiger partial charge in [0.15, 0.2) is 5.69 Å². The van der Waals surface area contributed by atoms with Crippen LogP contribution in [0.15, 0.2) is 42.6 Å². The van der Waals surface area contributed by atoms with Gasteiger partial charge in [-0.3, -0.25) is 0 Å². The molecule has 0 aliphatic carbocycles. The van der Waals surface area contributed by atoms with Gasteiger partial charge in [0.25, 0.3) is 0 Å². The molecule has 8 nitrogen and oxygen atoms in total. The molecule has 1 aliphatic rings. The van der Waals surface area contributed by atoms with Crippen molar-refractivity contribution in [2.45, 2.75) is 6.10 Å². The third-order valence-corrected chi connectivity index (χ3v) is 4.04. The van der Waals surface area contributed by atoms with Crippen LogP contribution in [0.3, 0.4) is 0 Å². The van der Waals surface area contributed by atoms with Gasteiger partial charge in [0.05, 0.1) is 13.1 Å². The van der Waals surface area contributed by atoms with E-state index < -0.39 is 11.3 Å². The summed E-state index contributed by atoms with van der Waals surface area (Å²) >= 11 is 2.16. The second-order valence-electron chi connectivity index (χ2n) is 5.16. The summed E-state index contributed by atoms with van der Waals surface area (Å²) in [5, 5.41) is 18.6. The number of pyridine rings is 1. The summed E-state index contributed by atoms with van der Waals surface area (Å²) in [6, 6.07) is 9.35. The molecule has 1 saturated heterocycles. The average Bonchev–Trinajstić information content (AvgIpc) is 2.52. The summed E-state index contributed by atoms with van der Waals surface area (Å²) in [5.74, 6) is 0.825. The second kappa shape index (κ2) is 7.30. The lowest BCUT2D eigenvalue weighted by Crippen LogP contribution is -2.99. The van der Waals surface area contributed by atoms with Crippen LogP contribution in [0, 0.1) is 8.78 Å². The summed E-state index contributed by atoms with van der Waals surface area (Å²) in [6.45, 7) is 0.833. The Morgan fingerprint density at radius 3 is 2.58 bits per heavy atom. The highest BCUT2D eigenvalue weighted by molar-refractivity contribution is 14.1. The lowest BCUT2D eigenvalue weighted by atomic mass is 10.2. The number of nitrogens with one attached hydrogen (secondary N) is 1. The van der Waals surface area contributed by atoms with Crippen molar-refractivity contribution in [3.8, 4) is 11.6 Å².